The van der Waals surface area contributed by atoms with Gasteiger partial charge in [-0.15, -0.1) is 0 Å². The van der Waals surface area contributed by atoms with Crippen LogP contribution in [-0.4, -0.2) is 5.97 Å². The maximum absolute atomic E-state index is 9.85. The molecule has 0 radical (unpaired) electrons. The normalized spacial score (nSPS) is 9.68. The quantitative estimate of drug-likeness (QED) is 0.494. The first-order valence-corrected chi connectivity index (χ1v) is 9.83. The van der Waals surface area contributed by atoms with E-state index in [1.165, 1.54) is 7.14 Å². The minimum atomic E-state index is -0.925. The maximum atomic E-state index is 9.85. The lowest BCUT2D eigenvalue weighted by molar-refractivity contribution is -0.597. The summed E-state index contributed by atoms with van der Waals surface area (Å²) < 4.78 is 2.96. The number of carboxylic acid groups (broad SMARTS) is 1. The average Bonchev–Trinajstić information content (AvgIpc) is 2.54. The van der Waals surface area contributed by atoms with E-state index in [0.717, 1.165) is 25.7 Å². The van der Waals surface area contributed by atoms with Crippen molar-refractivity contribution in [3.8, 4) is 0 Å². The molecule has 0 aliphatic heterocycles. The number of aliphatic carboxylic acids is 1. The summed E-state index contributed by atoms with van der Waals surface area (Å²) >= 11 is 0.0287. The summed E-state index contributed by atoms with van der Waals surface area (Å²) in [5.41, 5.74) is 0. The molecular weight excluding hydrogens is 387 g/mol. The molecule has 0 heterocycles. The molecule has 2 aromatic rings. The Labute approximate surface area is 143 Å². The number of unbranched alkanes of at least 4 members (excludes halogenated alkanes) is 3. The number of benzene rings is 2. The molecule has 0 amide bonds. The van der Waals surface area contributed by atoms with Gasteiger partial charge in [-0.05, 0) is 37.1 Å². The van der Waals surface area contributed by atoms with Crippen LogP contribution in [0, 0.1) is 7.14 Å². The minimum absolute atomic E-state index is 0.0287. The van der Waals surface area contributed by atoms with Gasteiger partial charge in [-0.25, -0.2) is 0 Å². The Morgan fingerprint density at radius 3 is 1.77 bits per heavy atom. The van der Waals surface area contributed by atoms with Gasteiger partial charge in [0.2, 0.25) is 0 Å². The summed E-state index contributed by atoms with van der Waals surface area (Å²) in [6.07, 6.45) is 4.29. The van der Waals surface area contributed by atoms with Crippen LogP contribution in [0.3, 0.4) is 0 Å². The van der Waals surface area contributed by atoms with Crippen LogP contribution < -0.4 is 26.3 Å². The van der Waals surface area contributed by atoms with Gasteiger partial charge in [0.05, 0.1) is 0 Å². The second-order valence-electron chi connectivity index (χ2n) is 4.87. The highest BCUT2D eigenvalue weighted by Crippen LogP contribution is 2.00. The third-order valence-corrected chi connectivity index (χ3v) is 5.60. The topological polar surface area (TPSA) is 40.1 Å². The zero-order valence-corrected chi connectivity index (χ0v) is 15.2. The summed E-state index contributed by atoms with van der Waals surface area (Å²) in [5.74, 6) is -0.925. The predicted octanol–water partition coefficient (Wildman–Crippen LogP) is 0.522. The molecule has 2 nitrogen and oxygen atoms in total. The van der Waals surface area contributed by atoms with Crippen LogP contribution in [0.5, 0.6) is 0 Å². The monoisotopic (exact) mass is 410 g/mol. The first-order chi connectivity index (χ1) is 10.7. The van der Waals surface area contributed by atoms with Crippen LogP contribution in [0.1, 0.15) is 39.0 Å². The van der Waals surface area contributed by atoms with Crippen molar-refractivity contribution in [2.75, 3.05) is 0 Å². The van der Waals surface area contributed by atoms with Gasteiger partial charge in [0, 0.05) is 5.97 Å². The Hall–Kier alpha value is -1.36. The van der Waals surface area contributed by atoms with Crippen LogP contribution in [0.2, 0.25) is 0 Å². The van der Waals surface area contributed by atoms with E-state index in [1.807, 2.05) is 0 Å². The molecule has 0 atom stereocenters. The van der Waals surface area contributed by atoms with Gasteiger partial charge in [0.15, 0.2) is 7.14 Å². The molecular formula is C19H23IO2. The van der Waals surface area contributed by atoms with E-state index in [9.17, 15) is 9.90 Å². The first-order valence-electron chi connectivity index (χ1n) is 7.67. The van der Waals surface area contributed by atoms with Gasteiger partial charge in [0.1, 0.15) is 0 Å². The van der Waals surface area contributed by atoms with E-state index in [4.69, 9.17) is 0 Å². The zero-order valence-electron chi connectivity index (χ0n) is 13.0. The van der Waals surface area contributed by atoms with Crippen molar-refractivity contribution in [1.82, 2.24) is 0 Å². The van der Waals surface area contributed by atoms with Gasteiger partial charge < -0.3 is 9.90 Å². The van der Waals surface area contributed by atoms with Crippen molar-refractivity contribution < 1.29 is 31.1 Å². The highest BCUT2D eigenvalue weighted by Gasteiger charge is 2.12. The van der Waals surface area contributed by atoms with Gasteiger partial charge in [-0.1, -0.05) is 62.6 Å². The second kappa shape index (κ2) is 12.2. The molecule has 0 aliphatic rings. The molecule has 118 valence electrons. The highest BCUT2D eigenvalue weighted by atomic mass is 127. The lowest BCUT2D eigenvalue weighted by atomic mass is 10.2. The molecule has 0 spiro atoms. The van der Waals surface area contributed by atoms with Gasteiger partial charge in [-0.3, -0.25) is 0 Å². The molecule has 22 heavy (non-hydrogen) atoms. The second-order valence-corrected chi connectivity index (χ2v) is 7.90. The molecule has 0 saturated heterocycles. The predicted molar refractivity (Wildman–Crippen MR) is 84.0 cm³/mol. The number of carbonyl (C=O) groups excluding carboxylic acids is 1. The summed E-state index contributed by atoms with van der Waals surface area (Å²) in [6, 6.07) is 21.4. The lowest BCUT2D eigenvalue weighted by Gasteiger charge is -1.99. The van der Waals surface area contributed by atoms with Crippen LogP contribution in [0.15, 0.2) is 60.7 Å². The number of carboxylic acids is 1. The molecule has 2 rings (SSSR count). The van der Waals surface area contributed by atoms with E-state index < -0.39 is 5.97 Å². The van der Waals surface area contributed by atoms with E-state index >= 15 is 0 Å². The minimum Gasteiger partial charge on any atom is -0.550 e. The average molecular weight is 410 g/mol. The van der Waals surface area contributed by atoms with Gasteiger partial charge in [0.25, 0.3) is 0 Å². The van der Waals surface area contributed by atoms with E-state index in [2.05, 4.69) is 67.6 Å². The Balaban J connectivity index is 0.000000239. The van der Waals surface area contributed by atoms with Crippen molar-refractivity contribution in [2.45, 2.75) is 39.0 Å². The zero-order chi connectivity index (χ0) is 16.0. The standard InChI is InChI=1S/C12H10I.C7H14O2/c1-3-7-11(8-4-1)13-12-9-5-2-6-10-12;1-2-3-4-5-6-7(8)9/h1-10H;2-6H2,1H3,(H,8,9)/q+1;/p-1. The number of hydrogen-bond acceptors (Lipinski definition) is 2. The number of rotatable bonds is 7. The van der Waals surface area contributed by atoms with E-state index in [-0.39, 0.29) is 27.6 Å². The van der Waals surface area contributed by atoms with Crippen LogP contribution >= 0.6 is 0 Å². The Kier molecular flexibility index (Phi) is 10.4. The van der Waals surface area contributed by atoms with Crippen LogP contribution in [-0.2, 0) is 4.79 Å². The van der Waals surface area contributed by atoms with E-state index in [0.29, 0.717) is 0 Å². The molecule has 3 heteroatoms. The molecule has 0 fully saturated rings. The fraction of sp³-hybridized carbons (Fsp3) is 0.316. The molecule has 0 unspecified atom stereocenters. The lowest BCUT2D eigenvalue weighted by Crippen LogP contribution is -3.61. The van der Waals surface area contributed by atoms with Crippen molar-refractivity contribution in [3.63, 3.8) is 0 Å². The van der Waals surface area contributed by atoms with Gasteiger partial charge >= 0.3 is 21.2 Å². The summed E-state index contributed by atoms with van der Waals surface area (Å²) in [6.45, 7) is 2.10. The first kappa shape index (κ1) is 18.7. The van der Waals surface area contributed by atoms with E-state index in [1.54, 1.807) is 0 Å². The Morgan fingerprint density at radius 2 is 1.36 bits per heavy atom. The largest absolute Gasteiger partial charge is 0.550 e. The Bertz CT molecular complexity index is 474. The fourth-order valence-corrected chi connectivity index (χ4v) is 4.05. The number of hydrogen-bond donors (Lipinski definition) is 0. The third-order valence-electron chi connectivity index (χ3n) is 2.92. The summed E-state index contributed by atoms with van der Waals surface area (Å²) in [4.78, 5) is 9.85. The molecule has 0 saturated carbocycles. The fourth-order valence-electron chi connectivity index (χ4n) is 1.78. The van der Waals surface area contributed by atoms with Gasteiger partial charge in [-0.2, -0.15) is 0 Å². The molecule has 2 aromatic carbocycles. The number of carbonyl (C=O) groups is 1. The SMILES string of the molecule is CCCCCCC(=O)[O-].c1ccc([I+]c2ccccc2)cc1. The van der Waals surface area contributed by atoms with Crippen LogP contribution in [0.25, 0.3) is 0 Å². The molecule has 0 N–H and O–H groups in total. The van der Waals surface area contributed by atoms with Crippen molar-refractivity contribution in [2.24, 2.45) is 0 Å². The number of halogens is 1. The maximum Gasteiger partial charge on any atom is 0.357 e. The summed E-state index contributed by atoms with van der Waals surface area (Å²) in [7, 11) is 0. The summed E-state index contributed by atoms with van der Waals surface area (Å²) in [5, 5.41) is 9.85. The van der Waals surface area contributed by atoms with Crippen LogP contribution in [0.4, 0.5) is 0 Å². The molecule has 0 bridgehead atoms. The highest BCUT2D eigenvalue weighted by molar-refractivity contribution is 5.63. The van der Waals surface area contributed by atoms with Crippen molar-refractivity contribution in [3.05, 3.63) is 67.8 Å². The van der Waals surface area contributed by atoms with Crippen molar-refractivity contribution in [1.29, 1.82) is 0 Å². The Morgan fingerprint density at radius 1 is 0.864 bits per heavy atom. The third kappa shape index (κ3) is 9.55. The smallest absolute Gasteiger partial charge is 0.357 e. The molecule has 0 aromatic heterocycles. The van der Waals surface area contributed by atoms with Crippen molar-refractivity contribution >= 4 is 5.97 Å². The molecule has 0 aliphatic carbocycles.